The first-order valence-electron chi connectivity index (χ1n) is 4.18. The molecule has 0 fully saturated rings. The zero-order chi connectivity index (χ0) is 9.26. The standard InChI is InChI=1S/C10H9ClO2/c11-10(12)9-8-4-2-1-3-7(8)5-6-13-9/h1-4,9H,5-6H2/t9-/m0/s1. The summed E-state index contributed by atoms with van der Waals surface area (Å²) in [7, 11) is 0. The third-order valence-electron chi connectivity index (χ3n) is 2.20. The lowest BCUT2D eigenvalue weighted by molar-refractivity contribution is -0.123. The molecule has 1 atom stereocenters. The molecule has 0 amide bonds. The van der Waals surface area contributed by atoms with Gasteiger partial charge in [0.05, 0.1) is 6.61 Å². The lowest BCUT2D eigenvalue weighted by atomic mass is 9.98. The Morgan fingerprint density at radius 1 is 1.46 bits per heavy atom. The maximum atomic E-state index is 11.0. The molecule has 2 rings (SSSR count). The third-order valence-corrected chi connectivity index (χ3v) is 2.40. The van der Waals surface area contributed by atoms with Crippen LogP contribution in [-0.2, 0) is 16.0 Å². The molecule has 1 aromatic carbocycles. The molecular weight excluding hydrogens is 188 g/mol. The molecule has 0 aliphatic carbocycles. The molecule has 2 nitrogen and oxygen atoms in total. The first kappa shape index (κ1) is 8.73. The van der Waals surface area contributed by atoms with E-state index >= 15 is 0 Å². The van der Waals surface area contributed by atoms with Gasteiger partial charge in [0.15, 0.2) is 6.10 Å². The number of halogens is 1. The number of rotatable bonds is 1. The minimum absolute atomic E-state index is 0.438. The second-order valence-electron chi connectivity index (χ2n) is 3.00. The van der Waals surface area contributed by atoms with E-state index in [1.54, 1.807) is 0 Å². The molecule has 1 aliphatic rings. The van der Waals surface area contributed by atoms with Crippen molar-refractivity contribution in [2.45, 2.75) is 12.5 Å². The van der Waals surface area contributed by atoms with Gasteiger partial charge in [0.25, 0.3) is 5.24 Å². The predicted octanol–water partition coefficient (Wildman–Crippen LogP) is 2.07. The van der Waals surface area contributed by atoms with E-state index in [1.807, 2.05) is 24.3 Å². The van der Waals surface area contributed by atoms with Crippen LogP contribution < -0.4 is 0 Å². The van der Waals surface area contributed by atoms with Crippen molar-refractivity contribution in [2.24, 2.45) is 0 Å². The number of carbonyl (C=O) groups is 1. The van der Waals surface area contributed by atoms with Gasteiger partial charge in [0, 0.05) is 0 Å². The Kier molecular flexibility index (Phi) is 2.34. The molecule has 13 heavy (non-hydrogen) atoms. The minimum atomic E-state index is -0.563. The highest BCUT2D eigenvalue weighted by Gasteiger charge is 2.25. The fourth-order valence-electron chi connectivity index (χ4n) is 1.58. The van der Waals surface area contributed by atoms with Crippen LogP contribution in [0.15, 0.2) is 24.3 Å². The summed E-state index contributed by atoms with van der Waals surface area (Å²) >= 11 is 5.42. The van der Waals surface area contributed by atoms with Crippen LogP contribution in [0, 0.1) is 0 Å². The van der Waals surface area contributed by atoms with Crippen LogP contribution in [0.5, 0.6) is 0 Å². The van der Waals surface area contributed by atoms with Crippen LogP contribution in [0.4, 0.5) is 0 Å². The van der Waals surface area contributed by atoms with Gasteiger partial charge < -0.3 is 4.74 Å². The molecule has 1 aliphatic heterocycles. The van der Waals surface area contributed by atoms with Crippen LogP contribution in [0.3, 0.4) is 0 Å². The van der Waals surface area contributed by atoms with E-state index in [2.05, 4.69) is 0 Å². The third kappa shape index (κ3) is 1.60. The highest BCUT2D eigenvalue weighted by Crippen LogP contribution is 2.28. The van der Waals surface area contributed by atoms with Crippen molar-refractivity contribution in [1.29, 1.82) is 0 Å². The monoisotopic (exact) mass is 196 g/mol. The molecule has 0 radical (unpaired) electrons. The van der Waals surface area contributed by atoms with Crippen LogP contribution in [-0.4, -0.2) is 11.8 Å². The van der Waals surface area contributed by atoms with E-state index in [4.69, 9.17) is 16.3 Å². The van der Waals surface area contributed by atoms with E-state index in [0.717, 1.165) is 17.5 Å². The van der Waals surface area contributed by atoms with Crippen molar-refractivity contribution in [3.05, 3.63) is 35.4 Å². The number of ether oxygens (including phenoxy) is 1. The largest absolute Gasteiger partial charge is 0.364 e. The molecule has 1 heterocycles. The van der Waals surface area contributed by atoms with Gasteiger partial charge in [0.2, 0.25) is 0 Å². The van der Waals surface area contributed by atoms with Crippen molar-refractivity contribution in [1.82, 2.24) is 0 Å². The Hall–Kier alpha value is -0.860. The number of carbonyl (C=O) groups excluding carboxylic acids is 1. The van der Waals surface area contributed by atoms with E-state index < -0.39 is 11.3 Å². The normalized spacial score (nSPS) is 20.8. The molecule has 0 aromatic heterocycles. The SMILES string of the molecule is O=C(Cl)[C@H]1OCCc2ccccc21. The fourth-order valence-corrected chi connectivity index (χ4v) is 1.76. The summed E-state index contributed by atoms with van der Waals surface area (Å²) < 4.78 is 5.28. The summed E-state index contributed by atoms with van der Waals surface area (Å²) in [6.45, 7) is 0.570. The van der Waals surface area contributed by atoms with Gasteiger partial charge in [-0.15, -0.1) is 0 Å². The second kappa shape index (κ2) is 3.48. The Balaban J connectivity index is 2.42. The fraction of sp³-hybridized carbons (Fsp3) is 0.300. The Bertz CT molecular complexity index is 335. The summed E-state index contributed by atoms with van der Waals surface area (Å²) in [6, 6.07) is 7.74. The molecule has 0 saturated carbocycles. The van der Waals surface area contributed by atoms with E-state index in [-0.39, 0.29) is 0 Å². The van der Waals surface area contributed by atoms with Crippen LogP contribution in [0.2, 0.25) is 0 Å². The molecular formula is C10H9ClO2. The quantitative estimate of drug-likeness (QED) is 0.643. The Labute approximate surface area is 81.5 Å². The number of fused-ring (bicyclic) bond motifs is 1. The average molecular weight is 197 g/mol. The molecule has 0 saturated heterocycles. The first-order chi connectivity index (χ1) is 6.29. The molecule has 0 N–H and O–H groups in total. The highest BCUT2D eigenvalue weighted by atomic mass is 35.5. The van der Waals surface area contributed by atoms with Gasteiger partial charge in [-0.25, -0.2) is 0 Å². The van der Waals surface area contributed by atoms with Gasteiger partial charge in [-0.05, 0) is 29.1 Å². The first-order valence-corrected chi connectivity index (χ1v) is 4.55. The lowest BCUT2D eigenvalue weighted by Gasteiger charge is -2.22. The van der Waals surface area contributed by atoms with Crippen molar-refractivity contribution >= 4 is 16.8 Å². The van der Waals surface area contributed by atoms with Crippen molar-refractivity contribution in [2.75, 3.05) is 6.61 Å². The summed E-state index contributed by atoms with van der Waals surface area (Å²) in [6.07, 6.45) is 0.295. The maximum absolute atomic E-state index is 11.0. The molecule has 0 bridgehead atoms. The van der Waals surface area contributed by atoms with Gasteiger partial charge in [0.1, 0.15) is 0 Å². The Morgan fingerprint density at radius 3 is 3.00 bits per heavy atom. The van der Waals surface area contributed by atoms with E-state index in [9.17, 15) is 4.79 Å². The molecule has 0 unspecified atom stereocenters. The van der Waals surface area contributed by atoms with Gasteiger partial charge >= 0.3 is 0 Å². The summed E-state index contributed by atoms with van der Waals surface area (Å²) in [4.78, 5) is 11.0. The number of hydrogen-bond acceptors (Lipinski definition) is 2. The topological polar surface area (TPSA) is 26.3 Å². The zero-order valence-electron chi connectivity index (χ0n) is 7.00. The summed E-state index contributed by atoms with van der Waals surface area (Å²) in [5, 5.41) is -0.438. The highest BCUT2D eigenvalue weighted by molar-refractivity contribution is 6.64. The maximum Gasteiger partial charge on any atom is 0.255 e. The number of benzene rings is 1. The summed E-state index contributed by atoms with van der Waals surface area (Å²) in [5.74, 6) is 0. The number of hydrogen-bond donors (Lipinski definition) is 0. The van der Waals surface area contributed by atoms with Gasteiger partial charge in [-0.2, -0.15) is 0 Å². The Morgan fingerprint density at radius 2 is 2.23 bits per heavy atom. The minimum Gasteiger partial charge on any atom is -0.364 e. The summed E-state index contributed by atoms with van der Waals surface area (Å²) in [5.41, 5.74) is 2.07. The van der Waals surface area contributed by atoms with Crippen molar-refractivity contribution < 1.29 is 9.53 Å². The average Bonchev–Trinajstić information content (AvgIpc) is 2.17. The molecule has 68 valence electrons. The molecule has 1 aromatic rings. The van der Waals surface area contributed by atoms with Crippen molar-refractivity contribution in [3.8, 4) is 0 Å². The van der Waals surface area contributed by atoms with Crippen LogP contribution in [0.1, 0.15) is 17.2 Å². The lowest BCUT2D eigenvalue weighted by Crippen LogP contribution is -2.20. The van der Waals surface area contributed by atoms with E-state index in [1.165, 1.54) is 0 Å². The second-order valence-corrected chi connectivity index (χ2v) is 3.38. The smallest absolute Gasteiger partial charge is 0.255 e. The molecule has 0 spiro atoms. The van der Waals surface area contributed by atoms with Gasteiger partial charge in [-0.3, -0.25) is 4.79 Å². The van der Waals surface area contributed by atoms with Crippen LogP contribution in [0.25, 0.3) is 0 Å². The molecule has 3 heteroatoms. The van der Waals surface area contributed by atoms with Crippen molar-refractivity contribution in [3.63, 3.8) is 0 Å². The predicted molar refractivity (Wildman–Crippen MR) is 49.7 cm³/mol. The zero-order valence-corrected chi connectivity index (χ0v) is 7.75. The van der Waals surface area contributed by atoms with Crippen LogP contribution >= 0.6 is 11.6 Å². The van der Waals surface area contributed by atoms with Gasteiger partial charge in [-0.1, -0.05) is 24.3 Å². The van der Waals surface area contributed by atoms with E-state index in [0.29, 0.717) is 6.61 Å².